The van der Waals surface area contributed by atoms with Crippen LogP contribution >= 0.6 is 0 Å². The molecule has 1 rings (SSSR count). The largest absolute Gasteiger partial charge is 0.399 e. The zero-order valence-corrected chi connectivity index (χ0v) is 11.0. The van der Waals surface area contributed by atoms with Crippen LogP contribution in [-0.2, 0) is 0 Å². The average molecular weight is 220 g/mol. The predicted octanol–water partition coefficient (Wildman–Crippen LogP) is 3.45. The molecule has 1 unspecified atom stereocenters. The van der Waals surface area contributed by atoms with E-state index in [9.17, 15) is 0 Å². The van der Waals surface area contributed by atoms with E-state index in [1.165, 1.54) is 17.7 Å². The zero-order chi connectivity index (χ0) is 12.1. The van der Waals surface area contributed by atoms with Gasteiger partial charge in [-0.05, 0) is 43.5 Å². The van der Waals surface area contributed by atoms with Gasteiger partial charge in [-0.15, -0.1) is 0 Å². The van der Waals surface area contributed by atoms with Gasteiger partial charge in [-0.3, -0.25) is 0 Å². The number of rotatable bonds is 5. The predicted molar refractivity (Wildman–Crippen MR) is 72.9 cm³/mol. The molecule has 0 aliphatic rings. The van der Waals surface area contributed by atoms with Crippen molar-refractivity contribution >= 4 is 11.4 Å². The highest BCUT2D eigenvalue weighted by Gasteiger charge is 2.08. The maximum atomic E-state index is 5.84. The maximum absolute atomic E-state index is 5.84. The highest BCUT2D eigenvalue weighted by molar-refractivity contribution is 5.58. The Morgan fingerprint density at radius 1 is 1.31 bits per heavy atom. The summed E-state index contributed by atoms with van der Waals surface area (Å²) in [4.78, 5) is 2.42. The Balaban J connectivity index is 2.82. The van der Waals surface area contributed by atoms with Gasteiger partial charge < -0.3 is 10.6 Å². The number of nitrogen functional groups attached to an aromatic ring is 1. The number of nitrogens with two attached hydrogens (primary N) is 1. The van der Waals surface area contributed by atoms with Gasteiger partial charge >= 0.3 is 0 Å². The summed E-state index contributed by atoms with van der Waals surface area (Å²) in [6.07, 6.45) is 1.23. The van der Waals surface area contributed by atoms with Crippen molar-refractivity contribution in [2.24, 2.45) is 5.92 Å². The summed E-state index contributed by atoms with van der Waals surface area (Å²) in [6, 6.07) is 6.30. The standard InChI is InChI=1S/C14H24N2/c1-5-11(3)10-16(6-2)13-7-8-14(15)12(4)9-13/h7-9,11H,5-6,10,15H2,1-4H3. The Hall–Kier alpha value is -1.18. The first-order valence-corrected chi connectivity index (χ1v) is 6.19. The van der Waals surface area contributed by atoms with Gasteiger partial charge in [0.15, 0.2) is 0 Å². The van der Waals surface area contributed by atoms with Gasteiger partial charge in [-0.2, -0.15) is 0 Å². The number of nitrogens with zero attached hydrogens (tertiary/aromatic N) is 1. The van der Waals surface area contributed by atoms with Crippen molar-refractivity contribution < 1.29 is 0 Å². The van der Waals surface area contributed by atoms with Crippen LogP contribution in [0.2, 0.25) is 0 Å². The number of hydrogen-bond donors (Lipinski definition) is 1. The molecule has 2 N–H and O–H groups in total. The first kappa shape index (κ1) is 12.9. The Kier molecular flexibility index (Phi) is 4.66. The minimum atomic E-state index is 0.734. The molecule has 0 saturated carbocycles. The van der Waals surface area contributed by atoms with Crippen LogP contribution in [0.3, 0.4) is 0 Å². The summed E-state index contributed by atoms with van der Waals surface area (Å²) in [5.41, 5.74) is 9.17. The lowest BCUT2D eigenvalue weighted by Gasteiger charge is -2.26. The molecule has 1 aromatic rings. The molecule has 2 nitrogen and oxygen atoms in total. The second-order valence-electron chi connectivity index (χ2n) is 4.59. The molecule has 90 valence electrons. The number of hydrogen-bond acceptors (Lipinski definition) is 2. The van der Waals surface area contributed by atoms with Crippen molar-refractivity contribution in [1.82, 2.24) is 0 Å². The highest BCUT2D eigenvalue weighted by atomic mass is 15.1. The molecule has 0 aliphatic heterocycles. The van der Waals surface area contributed by atoms with E-state index < -0.39 is 0 Å². The third-order valence-corrected chi connectivity index (χ3v) is 3.23. The molecular formula is C14H24N2. The fourth-order valence-corrected chi connectivity index (χ4v) is 1.78. The van der Waals surface area contributed by atoms with Crippen LogP contribution in [0.1, 0.15) is 32.8 Å². The number of aryl methyl sites for hydroxylation is 1. The van der Waals surface area contributed by atoms with E-state index >= 15 is 0 Å². The minimum absolute atomic E-state index is 0.734. The van der Waals surface area contributed by atoms with Crippen molar-refractivity contribution in [1.29, 1.82) is 0 Å². The van der Waals surface area contributed by atoms with Crippen molar-refractivity contribution in [2.75, 3.05) is 23.7 Å². The molecule has 0 bridgehead atoms. The van der Waals surface area contributed by atoms with Crippen LogP contribution in [0.5, 0.6) is 0 Å². The van der Waals surface area contributed by atoms with Crippen molar-refractivity contribution in [3.63, 3.8) is 0 Å². The van der Waals surface area contributed by atoms with E-state index in [1.54, 1.807) is 0 Å². The molecule has 0 aromatic heterocycles. The summed E-state index contributed by atoms with van der Waals surface area (Å²) in [6.45, 7) is 11.0. The van der Waals surface area contributed by atoms with Gasteiger partial charge in [0, 0.05) is 24.5 Å². The Morgan fingerprint density at radius 3 is 2.50 bits per heavy atom. The second kappa shape index (κ2) is 5.78. The van der Waals surface area contributed by atoms with Crippen LogP contribution in [0.25, 0.3) is 0 Å². The van der Waals surface area contributed by atoms with Crippen LogP contribution in [0, 0.1) is 12.8 Å². The molecule has 0 fully saturated rings. The molecule has 2 heteroatoms. The molecule has 0 aliphatic carbocycles. The molecule has 0 heterocycles. The lowest BCUT2D eigenvalue weighted by molar-refractivity contribution is 0.548. The smallest absolute Gasteiger partial charge is 0.0370 e. The van der Waals surface area contributed by atoms with Crippen LogP contribution in [-0.4, -0.2) is 13.1 Å². The van der Waals surface area contributed by atoms with E-state index in [2.05, 4.69) is 44.7 Å². The van der Waals surface area contributed by atoms with Gasteiger partial charge in [0.2, 0.25) is 0 Å². The third-order valence-electron chi connectivity index (χ3n) is 3.23. The molecule has 0 spiro atoms. The average Bonchev–Trinajstić information content (AvgIpc) is 2.29. The normalized spacial score (nSPS) is 12.5. The summed E-state index contributed by atoms with van der Waals surface area (Å²) in [7, 11) is 0. The maximum Gasteiger partial charge on any atom is 0.0370 e. The number of anilines is 2. The molecule has 1 atom stereocenters. The van der Waals surface area contributed by atoms with Crippen LogP contribution < -0.4 is 10.6 Å². The molecular weight excluding hydrogens is 196 g/mol. The second-order valence-corrected chi connectivity index (χ2v) is 4.59. The monoisotopic (exact) mass is 220 g/mol. The highest BCUT2D eigenvalue weighted by Crippen LogP contribution is 2.21. The van der Waals surface area contributed by atoms with Gasteiger partial charge in [-0.1, -0.05) is 20.3 Å². The molecule has 0 saturated heterocycles. The fourth-order valence-electron chi connectivity index (χ4n) is 1.78. The first-order chi connectivity index (χ1) is 7.58. The van der Waals surface area contributed by atoms with E-state index in [4.69, 9.17) is 5.73 Å². The zero-order valence-electron chi connectivity index (χ0n) is 11.0. The van der Waals surface area contributed by atoms with E-state index in [-0.39, 0.29) is 0 Å². The van der Waals surface area contributed by atoms with E-state index in [0.717, 1.165) is 24.7 Å². The molecule has 0 radical (unpaired) electrons. The summed E-state index contributed by atoms with van der Waals surface area (Å²) < 4.78 is 0. The Morgan fingerprint density at radius 2 is 2.00 bits per heavy atom. The van der Waals surface area contributed by atoms with Crippen molar-refractivity contribution in [3.8, 4) is 0 Å². The SMILES string of the molecule is CCC(C)CN(CC)c1ccc(N)c(C)c1. The summed E-state index contributed by atoms with van der Waals surface area (Å²) in [5.74, 6) is 0.734. The molecule has 16 heavy (non-hydrogen) atoms. The molecule has 1 aromatic carbocycles. The van der Waals surface area contributed by atoms with Gasteiger partial charge in [0.05, 0.1) is 0 Å². The van der Waals surface area contributed by atoms with E-state index in [1.807, 2.05) is 6.07 Å². The van der Waals surface area contributed by atoms with Gasteiger partial charge in [0.1, 0.15) is 0 Å². The number of benzene rings is 1. The first-order valence-electron chi connectivity index (χ1n) is 6.19. The van der Waals surface area contributed by atoms with Crippen molar-refractivity contribution in [2.45, 2.75) is 34.1 Å². The quantitative estimate of drug-likeness (QED) is 0.770. The summed E-state index contributed by atoms with van der Waals surface area (Å²) >= 11 is 0. The van der Waals surface area contributed by atoms with Gasteiger partial charge in [-0.25, -0.2) is 0 Å². The van der Waals surface area contributed by atoms with Crippen LogP contribution in [0.4, 0.5) is 11.4 Å². The lowest BCUT2D eigenvalue weighted by Crippen LogP contribution is -2.28. The lowest BCUT2D eigenvalue weighted by atomic mass is 10.1. The topological polar surface area (TPSA) is 29.3 Å². The van der Waals surface area contributed by atoms with E-state index in [0.29, 0.717) is 0 Å². The Bertz CT molecular complexity index is 334. The fraction of sp³-hybridized carbons (Fsp3) is 0.571. The van der Waals surface area contributed by atoms with Crippen molar-refractivity contribution in [3.05, 3.63) is 23.8 Å². The Labute approximate surface area is 99.5 Å². The van der Waals surface area contributed by atoms with Crippen LogP contribution in [0.15, 0.2) is 18.2 Å². The summed E-state index contributed by atoms with van der Waals surface area (Å²) in [5, 5.41) is 0. The van der Waals surface area contributed by atoms with Gasteiger partial charge in [0.25, 0.3) is 0 Å². The minimum Gasteiger partial charge on any atom is -0.399 e. The third kappa shape index (κ3) is 3.16. The molecule has 0 amide bonds.